The van der Waals surface area contributed by atoms with E-state index >= 15 is 0 Å². The standard InChI is InChI=1S/C27H42ClN3O5S/c1-5-7-8-21(6-2)18-35-26(32)31-16-15-27(19-31,22-9-11-23(28)12-10-22)30-37(33,34)24-13-14-25(29-17-24)36-20(3)4/h9,13-14,17,20-21,23,30H,5-8,10-12,15-16,18-19H2,1-4H3/t21-,23?,27?/m1/s1. The zero-order valence-electron chi connectivity index (χ0n) is 22.5. The van der Waals surface area contributed by atoms with Crippen LogP contribution in [0.25, 0.3) is 0 Å². The molecule has 1 N–H and O–H groups in total. The van der Waals surface area contributed by atoms with Gasteiger partial charge in [0.2, 0.25) is 15.9 Å². The van der Waals surface area contributed by atoms with Crippen LogP contribution in [0.4, 0.5) is 4.79 Å². The van der Waals surface area contributed by atoms with Crippen LogP contribution in [0.15, 0.2) is 34.9 Å². The highest BCUT2D eigenvalue weighted by molar-refractivity contribution is 7.89. The summed E-state index contributed by atoms with van der Waals surface area (Å²) in [6.07, 6.45) is 9.67. The van der Waals surface area contributed by atoms with E-state index in [-0.39, 0.29) is 29.0 Å². The van der Waals surface area contributed by atoms with Crippen LogP contribution in [-0.2, 0) is 14.8 Å². The van der Waals surface area contributed by atoms with Gasteiger partial charge in [0.15, 0.2) is 0 Å². The van der Waals surface area contributed by atoms with Crippen molar-refractivity contribution in [1.29, 1.82) is 0 Å². The first-order valence-corrected chi connectivity index (χ1v) is 15.4. The van der Waals surface area contributed by atoms with E-state index in [1.807, 2.05) is 19.9 Å². The smallest absolute Gasteiger partial charge is 0.409 e. The average Bonchev–Trinajstić information content (AvgIpc) is 3.29. The van der Waals surface area contributed by atoms with Gasteiger partial charge >= 0.3 is 6.09 Å². The topological polar surface area (TPSA) is 97.8 Å². The second-order valence-corrected chi connectivity index (χ2v) is 12.8. The van der Waals surface area contributed by atoms with Crippen LogP contribution in [-0.4, -0.2) is 61.1 Å². The SMILES string of the molecule is CCCC[C@@H](CC)COC(=O)N1CCC(NS(=O)(=O)c2ccc(OC(C)C)nc2)(C2=CCC(Cl)CC2)C1. The monoisotopic (exact) mass is 555 g/mol. The van der Waals surface area contributed by atoms with Crippen molar-refractivity contribution in [2.24, 2.45) is 5.92 Å². The number of pyridine rings is 1. The number of carbonyl (C=O) groups is 1. The Morgan fingerprint density at radius 2 is 2.11 bits per heavy atom. The Bertz CT molecular complexity index is 1030. The third kappa shape index (κ3) is 8.07. The first-order valence-electron chi connectivity index (χ1n) is 13.5. The average molecular weight is 556 g/mol. The predicted molar refractivity (Wildman–Crippen MR) is 145 cm³/mol. The normalized spacial score (nSPS) is 23.1. The van der Waals surface area contributed by atoms with Gasteiger partial charge in [-0.3, -0.25) is 0 Å². The van der Waals surface area contributed by atoms with Crippen molar-refractivity contribution in [3.8, 4) is 5.88 Å². The van der Waals surface area contributed by atoms with E-state index in [2.05, 4.69) is 23.6 Å². The van der Waals surface area contributed by atoms with E-state index in [1.54, 1.807) is 11.0 Å². The Balaban J connectivity index is 1.77. The number of sulfonamides is 1. The van der Waals surface area contributed by atoms with E-state index in [0.29, 0.717) is 44.2 Å². The number of amides is 1. The summed E-state index contributed by atoms with van der Waals surface area (Å²) in [6.45, 7) is 9.04. The Morgan fingerprint density at radius 1 is 1.32 bits per heavy atom. The lowest BCUT2D eigenvalue weighted by atomic mass is 9.82. The molecule has 1 aromatic heterocycles. The number of nitrogens with one attached hydrogen (secondary N) is 1. The highest BCUT2D eigenvalue weighted by Gasteiger charge is 2.46. The summed E-state index contributed by atoms with van der Waals surface area (Å²) in [7, 11) is -3.92. The van der Waals surface area contributed by atoms with Gasteiger partial charge in [-0.25, -0.2) is 18.2 Å². The van der Waals surface area contributed by atoms with Crippen molar-refractivity contribution < 1.29 is 22.7 Å². The zero-order chi connectivity index (χ0) is 27.1. The fourth-order valence-electron chi connectivity index (χ4n) is 4.94. The minimum absolute atomic E-state index is 0.0340. The Labute approximate surface area is 227 Å². The number of alkyl halides is 1. The first-order chi connectivity index (χ1) is 17.6. The third-order valence-corrected chi connectivity index (χ3v) is 9.10. The summed E-state index contributed by atoms with van der Waals surface area (Å²) < 4.78 is 41.1. The van der Waals surface area contributed by atoms with E-state index < -0.39 is 15.6 Å². The van der Waals surface area contributed by atoms with Crippen LogP contribution < -0.4 is 9.46 Å². The van der Waals surface area contributed by atoms with Crippen LogP contribution in [0.5, 0.6) is 5.88 Å². The Morgan fingerprint density at radius 3 is 2.70 bits per heavy atom. The molecule has 1 amide bonds. The molecule has 208 valence electrons. The van der Waals surface area contributed by atoms with Crippen LogP contribution in [0.3, 0.4) is 0 Å². The molecule has 1 aliphatic heterocycles. The molecule has 2 unspecified atom stereocenters. The molecule has 2 heterocycles. The number of nitrogens with zero attached hydrogens (tertiary/aromatic N) is 2. The maximum atomic E-state index is 13.5. The lowest BCUT2D eigenvalue weighted by Crippen LogP contribution is -2.52. The molecule has 1 fully saturated rings. The number of unbranched alkanes of at least 4 members (excludes halogenated alkanes) is 1. The van der Waals surface area contributed by atoms with Crippen molar-refractivity contribution in [2.75, 3.05) is 19.7 Å². The summed E-state index contributed by atoms with van der Waals surface area (Å²) in [6, 6.07) is 3.05. The molecular weight excluding hydrogens is 514 g/mol. The van der Waals surface area contributed by atoms with E-state index in [9.17, 15) is 13.2 Å². The maximum absolute atomic E-state index is 13.5. The van der Waals surface area contributed by atoms with Gasteiger partial charge in [-0.2, -0.15) is 4.72 Å². The molecule has 1 saturated heterocycles. The molecule has 0 spiro atoms. The molecule has 37 heavy (non-hydrogen) atoms. The number of rotatable bonds is 12. The molecule has 3 atom stereocenters. The summed E-state index contributed by atoms with van der Waals surface area (Å²) >= 11 is 6.33. The Hall–Kier alpha value is -1.84. The van der Waals surface area contributed by atoms with Gasteiger partial charge in [0.1, 0.15) is 4.90 Å². The van der Waals surface area contributed by atoms with Crippen molar-refractivity contribution in [3.63, 3.8) is 0 Å². The summed E-state index contributed by atoms with van der Waals surface area (Å²) in [5, 5.41) is 0.0340. The van der Waals surface area contributed by atoms with Crippen molar-refractivity contribution in [2.45, 2.75) is 101 Å². The molecule has 1 aliphatic carbocycles. The van der Waals surface area contributed by atoms with Crippen LogP contribution in [0.1, 0.15) is 79.1 Å². The van der Waals surface area contributed by atoms with Crippen molar-refractivity contribution in [3.05, 3.63) is 30.0 Å². The molecule has 1 aromatic rings. The quantitative estimate of drug-likeness (QED) is 0.264. The number of allylic oxidation sites excluding steroid dienone is 1. The number of aromatic nitrogens is 1. The van der Waals surface area contributed by atoms with Gasteiger partial charge in [0.05, 0.1) is 24.4 Å². The second kappa shape index (κ2) is 13.3. The molecule has 0 radical (unpaired) electrons. The lowest BCUT2D eigenvalue weighted by molar-refractivity contribution is 0.0901. The van der Waals surface area contributed by atoms with Gasteiger partial charge in [-0.15, -0.1) is 11.6 Å². The summed E-state index contributed by atoms with van der Waals surface area (Å²) in [4.78, 5) is 18.8. The fraction of sp³-hybridized carbons (Fsp3) is 0.704. The second-order valence-electron chi connectivity index (χ2n) is 10.5. The maximum Gasteiger partial charge on any atom is 0.409 e. The van der Waals surface area contributed by atoms with Crippen molar-refractivity contribution in [1.82, 2.24) is 14.6 Å². The molecular formula is C27H42ClN3O5S. The van der Waals surface area contributed by atoms with E-state index in [1.165, 1.54) is 12.3 Å². The van der Waals surface area contributed by atoms with E-state index in [4.69, 9.17) is 21.1 Å². The third-order valence-electron chi connectivity index (χ3n) is 7.18. The van der Waals surface area contributed by atoms with E-state index in [0.717, 1.165) is 37.7 Å². The first kappa shape index (κ1) is 29.7. The molecule has 2 aliphatic rings. The number of hydrogen-bond acceptors (Lipinski definition) is 6. The zero-order valence-corrected chi connectivity index (χ0v) is 24.1. The molecule has 0 saturated carbocycles. The fourth-order valence-corrected chi connectivity index (χ4v) is 6.51. The highest BCUT2D eigenvalue weighted by Crippen LogP contribution is 2.37. The molecule has 3 rings (SSSR count). The molecule has 0 bridgehead atoms. The minimum atomic E-state index is -3.92. The van der Waals surface area contributed by atoms with Crippen LogP contribution in [0, 0.1) is 5.92 Å². The van der Waals surface area contributed by atoms with Crippen LogP contribution >= 0.6 is 11.6 Å². The molecule has 0 aromatic carbocycles. The minimum Gasteiger partial charge on any atom is -0.475 e. The van der Waals surface area contributed by atoms with Gasteiger partial charge < -0.3 is 14.4 Å². The number of carbonyl (C=O) groups excluding carboxylic acids is 1. The predicted octanol–water partition coefficient (Wildman–Crippen LogP) is 5.66. The largest absolute Gasteiger partial charge is 0.475 e. The van der Waals surface area contributed by atoms with Crippen LogP contribution in [0.2, 0.25) is 0 Å². The van der Waals surface area contributed by atoms with Gasteiger partial charge in [-0.05, 0) is 57.9 Å². The summed E-state index contributed by atoms with van der Waals surface area (Å²) in [5.74, 6) is 0.706. The Kier molecular flexibility index (Phi) is 10.7. The van der Waals surface area contributed by atoms with Crippen molar-refractivity contribution >= 4 is 27.7 Å². The molecule has 10 heteroatoms. The van der Waals surface area contributed by atoms with Gasteiger partial charge in [0, 0.05) is 24.5 Å². The number of likely N-dealkylation sites (tertiary alicyclic amines) is 1. The van der Waals surface area contributed by atoms with Gasteiger partial charge in [-0.1, -0.05) is 44.8 Å². The molecule has 8 nitrogen and oxygen atoms in total. The number of halogens is 1. The van der Waals surface area contributed by atoms with Gasteiger partial charge in [0.25, 0.3) is 0 Å². The lowest BCUT2D eigenvalue weighted by Gasteiger charge is -2.35. The summed E-state index contributed by atoms with van der Waals surface area (Å²) in [5.41, 5.74) is 0.0688. The number of ether oxygens (including phenoxy) is 2. The highest BCUT2D eigenvalue weighted by atomic mass is 35.5. The number of hydrogen-bond donors (Lipinski definition) is 1.